The van der Waals surface area contributed by atoms with Gasteiger partial charge in [-0.25, -0.2) is 13.8 Å². The number of aromatic nitrogens is 1. The van der Waals surface area contributed by atoms with Gasteiger partial charge in [-0.3, -0.25) is 4.99 Å². The molecule has 1 aromatic carbocycles. The van der Waals surface area contributed by atoms with Crippen molar-refractivity contribution in [2.45, 2.75) is 25.6 Å². The first-order chi connectivity index (χ1) is 13.6. The van der Waals surface area contributed by atoms with E-state index >= 15 is 0 Å². The fourth-order valence-electron chi connectivity index (χ4n) is 3.26. The Balaban J connectivity index is 0.00000300. The lowest BCUT2D eigenvalue weighted by Crippen LogP contribution is -2.44. The topological polar surface area (TPSA) is 61.8 Å². The predicted octanol–water partition coefficient (Wildman–Crippen LogP) is 3.07. The van der Waals surface area contributed by atoms with E-state index in [1.807, 2.05) is 4.90 Å². The van der Waals surface area contributed by atoms with Crippen LogP contribution in [0.25, 0.3) is 0 Å². The summed E-state index contributed by atoms with van der Waals surface area (Å²) in [6.45, 7) is 2.10. The molecule has 0 spiro atoms. The van der Waals surface area contributed by atoms with Gasteiger partial charge in [-0.15, -0.1) is 24.0 Å². The molecule has 1 aliphatic heterocycles. The van der Waals surface area contributed by atoms with Crippen LogP contribution in [0.2, 0.25) is 0 Å². The van der Waals surface area contributed by atoms with Crippen LogP contribution in [0.15, 0.2) is 41.5 Å². The number of guanidine groups is 1. The van der Waals surface area contributed by atoms with Crippen LogP contribution in [-0.4, -0.2) is 44.2 Å². The van der Waals surface area contributed by atoms with Gasteiger partial charge >= 0.3 is 0 Å². The highest BCUT2D eigenvalue weighted by Gasteiger charge is 2.25. The first kappa shape index (κ1) is 23.3. The summed E-state index contributed by atoms with van der Waals surface area (Å²) < 4.78 is 32.7. The summed E-state index contributed by atoms with van der Waals surface area (Å²) >= 11 is 0. The number of aliphatic imine (C=N–C) groups is 1. The number of nitrogens with zero attached hydrogens (tertiary/aromatic N) is 3. The second kappa shape index (κ2) is 11.2. The van der Waals surface area contributed by atoms with Crippen LogP contribution in [0, 0.1) is 11.6 Å². The minimum absolute atomic E-state index is 0. The lowest BCUT2D eigenvalue weighted by atomic mass is 10.1. The summed E-state index contributed by atoms with van der Waals surface area (Å²) in [6, 6.07) is 8.09. The largest absolute Gasteiger partial charge is 0.380 e. The summed E-state index contributed by atoms with van der Waals surface area (Å²) in [5, 5.41) is 6.59. The molecule has 2 N–H and O–H groups in total. The van der Waals surface area contributed by atoms with Crippen LogP contribution in [0.5, 0.6) is 0 Å². The lowest BCUT2D eigenvalue weighted by molar-refractivity contribution is 0.181. The molecule has 2 aromatic rings. The van der Waals surface area contributed by atoms with Crippen molar-refractivity contribution in [3.63, 3.8) is 0 Å². The zero-order valence-corrected chi connectivity index (χ0v) is 18.8. The Morgan fingerprint density at radius 3 is 2.86 bits per heavy atom. The van der Waals surface area contributed by atoms with Crippen LogP contribution < -0.4 is 15.5 Å². The van der Waals surface area contributed by atoms with Gasteiger partial charge in [0.05, 0.1) is 6.61 Å². The smallest absolute Gasteiger partial charge is 0.191 e. The number of rotatable bonds is 6. The highest BCUT2D eigenvalue weighted by Crippen LogP contribution is 2.20. The maximum absolute atomic E-state index is 13.9. The van der Waals surface area contributed by atoms with E-state index in [1.54, 1.807) is 31.4 Å². The molecule has 0 bridgehead atoms. The summed E-state index contributed by atoms with van der Waals surface area (Å²) in [5.41, 5.74) is 1.45. The zero-order valence-electron chi connectivity index (χ0n) is 16.5. The standard InChI is InChI=1S/C20H25F2N5O.HI/c1-23-20(25-11-14-5-6-17(21)15(10-14)13-28-2)26-16-7-9-27(12-16)19-18(22)4-3-8-24-19;/h3-6,8,10,16H,7,9,11-13H2,1-2H3,(H2,23,25,26);1H. The molecule has 0 aliphatic carbocycles. The number of hydrogen-bond donors (Lipinski definition) is 2. The third kappa shape index (κ3) is 6.23. The number of nitrogens with one attached hydrogen (secondary N) is 2. The van der Waals surface area contributed by atoms with Crippen molar-refractivity contribution in [3.8, 4) is 0 Å². The number of methoxy groups -OCH3 is 1. The predicted molar refractivity (Wildman–Crippen MR) is 121 cm³/mol. The maximum atomic E-state index is 13.9. The van der Waals surface area contributed by atoms with Crippen molar-refractivity contribution in [2.75, 3.05) is 32.1 Å². The minimum atomic E-state index is -0.311. The lowest BCUT2D eigenvalue weighted by Gasteiger charge is -2.20. The van der Waals surface area contributed by atoms with Crippen molar-refractivity contribution in [2.24, 2.45) is 4.99 Å². The molecule has 6 nitrogen and oxygen atoms in total. The monoisotopic (exact) mass is 517 g/mol. The summed E-state index contributed by atoms with van der Waals surface area (Å²) in [5.74, 6) is 0.437. The molecule has 0 amide bonds. The van der Waals surface area contributed by atoms with Crippen molar-refractivity contribution >= 4 is 35.8 Å². The fraction of sp³-hybridized carbons (Fsp3) is 0.400. The van der Waals surface area contributed by atoms with E-state index in [9.17, 15) is 8.78 Å². The van der Waals surface area contributed by atoms with Crippen molar-refractivity contribution in [1.29, 1.82) is 0 Å². The summed E-state index contributed by atoms with van der Waals surface area (Å²) in [7, 11) is 3.24. The van der Waals surface area contributed by atoms with E-state index in [1.165, 1.54) is 19.2 Å². The fourth-order valence-corrected chi connectivity index (χ4v) is 3.26. The van der Waals surface area contributed by atoms with E-state index in [0.29, 0.717) is 30.4 Å². The minimum Gasteiger partial charge on any atom is -0.380 e. The molecule has 1 unspecified atom stereocenters. The van der Waals surface area contributed by atoms with Crippen molar-refractivity contribution in [3.05, 3.63) is 59.3 Å². The second-order valence-corrected chi connectivity index (χ2v) is 6.67. The molecular weight excluding hydrogens is 491 g/mol. The van der Waals surface area contributed by atoms with Crippen LogP contribution in [0.1, 0.15) is 17.5 Å². The van der Waals surface area contributed by atoms with Gasteiger partial charge in [0.15, 0.2) is 17.6 Å². The molecule has 0 saturated carbocycles. The zero-order chi connectivity index (χ0) is 19.9. The van der Waals surface area contributed by atoms with Crippen molar-refractivity contribution < 1.29 is 13.5 Å². The van der Waals surface area contributed by atoms with E-state index in [0.717, 1.165) is 18.5 Å². The molecule has 1 aromatic heterocycles. The molecule has 3 rings (SSSR count). The molecule has 9 heteroatoms. The summed E-state index contributed by atoms with van der Waals surface area (Å²) in [6.07, 6.45) is 2.45. The van der Waals surface area contributed by atoms with Gasteiger partial charge in [0.1, 0.15) is 5.82 Å². The summed E-state index contributed by atoms with van der Waals surface area (Å²) in [4.78, 5) is 10.3. The first-order valence-electron chi connectivity index (χ1n) is 9.19. The molecule has 1 saturated heterocycles. The number of pyridine rings is 1. The van der Waals surface area contributed by atoms with Gasteiger partial charge in [0.2, 0.25) is 0 Å². The third-order valence-electron chi connectivity index (χ3n) is 4.66. The third-order valence-corrected chi connectivity index (χ3v) is 4.66. The van der Waals surface area contributed by atoms with Gasteiger partial charge in [-0.1, -0.05) is 6.07 Å². The molecule has 0 radical (unpaired) electrons. The first-order valence-corrected chi connectivity index (χ1v) is 9.19. The number of anilines is 1. The van der Waals surface area contributed by atoms with Crippen LogP contribution in [0.4, 0.5) is 14.6 Å². The SMILES string of the molecule is CN=C(NCc1ccc(F)c(COC)c1)NC1CCN(c2ncccc2F)C1.I. The Hall–Kier alpha value is -2.01. The van der Waals surface area contributed by atoms with Gasteiger partial charge in [0.25, 0.3) is 0 Å². The highest BCUT2D eigenvalue weighted by molar-refractivity contribution is 14.0. The molecule has 1 fully saturated rings. The van der Waals surface area contributed by atoms with E-state index < -0.39 is 0 Å². The maximum Gasteiger partial charge on any atom is 0.191 e. The Bertz CT molecular complexity index is 836. The second-order valence-electron chi connectivity index (χ2n) is 6.67. The molecule has 1 atom stereocenters. The quantitative estimate of drug-likeness (QED) is 0.351. The average Bonchev–Trinajstić information content (AvgIpc) is 3.16. The van der Waals surface area contributed by atoms with Crippen LogP contribution >= 0.6 is 24.0 Å². The number of benzene rings is 1. The molecule has 158 valence electrons. The van der Waals surface area contributed by atoms with Crippen LogP contribution in [0.3, 0.4) is 0 Å². The number of ether oxygens (including phenoxy) is 1. The number of halogens is 3. The van der Waals surface area contributed by atoms with E-state index in [-0.39, 0.29) is 48.3 Å². The van der Waals surface area contributed by atoms with Gasteiger partial charge in [-0.05, 0) is 36.2 Å². The van der Waals surface area contributed by atoms with E-state index in [2.05, 4.69) is 20.6 Å². The normalized spacial score (nSPS) is 16.5. The molecule has 29 heavy (non-hydrogen) atoms. The highest BCUT2D eigenvalue weighted by atomic mass is 127. The Labute approximate surface area is 186 Å². The average molecular weight is 517 g/mol. The molecule has 1 aliphatic rings. The Morgan fingerprint density at radius 1 is 1.31 bits per heavy atom. The van der Waals surface area contributed by atoms with Crippen molar-refractivity contribution in [1.82, 2.24) is 15.6 Å². The van der Waals surface area contributed by atoms with Gasteiger partial charge in [-0.2, -0.15) is 0 Å². The Kier molecular flexibility index (Phi) is 9.02. The van der Waals surface area contributed by atoms with E-state index in [4.69, 9.17) is 4.74 Å². The van der Waals surface area contributed by atoms with Gasteiger partial charge < -0.3 is 20.3 Å². The Morgan fingerprint density at radius 2 is 2.14 bits per heavy atom. The molecular formula is C20H26F2IN5O. The van der Waals surface area contributed by atoms with Crippen LogP contribution in [-0.2, 0) is 17.9 Å². The van der Waals surface area contributed by atoms with Gasteiger partial charge in [0, 0.05) is 51.6 Å². The number of hydrogen-bond acceptors (Lipinski definition) is 4. The molecule has 2 heterocycles.